The summed E-state index contributed by atoms with van der Waals surface area (Å²) in [6.45, 7) is 5.43. The van der Waals surface area contributed by atoms with E-state index in [0.29, 0.717) is 4.47 Å². The van der Waals surface area contributed by atoms with Gasteiger partial charge in [-0.15, -0.1) is 0 Å². The average Bonchev–Trinajstić information content (AvgIpc) is 2.86. The Bertz CT molecular complexity index is 725. The summed E-state index contributed by atoms with van der Waals surface area (Å²) in [6.07, 6.45) is 2.45. The molecule has 4 amide bonds. The van der Waals surface area contributed by atoms with Crippen LogP contribution in [0, 0.1) is 11.2 Å². The summed E-state index contributed by atoms with van der Waals surface area (Å²) in [4.78, 5) is 38.7. The van der Waals surface area contributed by atoms with Gasteiger partial charge in [0.1, 0.15) is 5.82 Å². The molecule has 7 heteroatoms. The second-order valence-electron chi connectivity index (χ2n) is 6.48. The third kappa shape index (κ3) is 3.90. The van der Waals surface area contributed by atoms with E-state index in [4.69, 9.17) is 0 Å². The van der Waals surface area contributed by atoms with Crippen molar-refractivity contribution in [1.82, 2.24) is 9.80 Å². The van der Waals surface area contributed by atoms with Gasteiger partial charge in [-0.1, -0.05) is 42.8 Å². The number of hydrogen-bond acceptors (Lipinski definition) is 3. The summed E-state index contributed by atoms with van der Waals surface area (Å²) in [5.41, 5.74) is -0.466. The third-order valence-corrected chi connectivity index (χ3v) is 4.02. The Hall–Kier alpha value is -2.02. The molecule has 1 heterocycles. The molecular weight excluding hydrogens is 379 g/mol. The third-order valence-electron chi connectivity index (χ3n) is 3.53. The molecule has 0 aliphatic carbocycles. The zero-order chi connectivity index (χ0) is 18.1. The number of urea groups is 1. The molecule has 0 radical (unpaired) electrons. The van der Waals surface area contributed by atoms with Crippen molar-refractivity contribution in [3.8, 4) is 0 Å². The first kappa shape index (κ1) is 18.3. The smallest absolute Gasteiger partial charge is 0.274 e. The van der Waals surface area contributed by atoms with E-state index >= 15 is 0 Å². The van der Waals surface area contributed by atoms with Crippen LogP contribution in [-0.2, 0) is 9.59 Å². The lowest BCUT2D eigenvalue weighted by atomic mass is 9.95. The molecule has 0 atom stereocenters. The lowest BCUT2D eigenvalue weighted by Crippen LogP contribution is -2.43. The van der Waals surface area contributed by atoms with Crippen LogP contribution in [0.4, 0.5) is 9.18 Å². The van der Waals surface area contributed by atoms with Gasteiger partial charge in [-0.2, -0.15) is 0 Å². The van der Waals surface area contributed by atoms with Gasteiger partial charge < -0.3 is 0 Å². The average molecular weight is 397 g/mol. The molecule has 0 unspecified atom stereocenters. The summed E-state index contributed by atoms with van der Waals surface area (Å²) in [6, 6.07) is 3.82. The van der Waals surface area contributed by atoms with Crippen LogP contribution in [0.2, 0.25) is 0 Å². The quantitative estimate of drug-likeness (QED) is 0.719. The highest BCUT2D eigenvalue weighted by atomic mass is 79.9. The number of nitrogens with zero attached hydrogens (tertiary/aromatic N) is 2. The molecule has 1 saturated heterocycles. The van der Waals surface area contributed by atoms with Crippen molar-refractivity contribution < 1.29 is 18.8 Å². The van der Waals surface area contributed by atoms with Crippen LogP contribution in [0.5, 0.6) is 0 Å². The Morgan fingerprint density at radius 2 is 1.83 bits per heavy atom. The predicted octanol–water partition coefficient (Wildman–Crippen LogP) is 3.44. The number of halogens is 2. The molecule has 5 nitrogen and oxygen atoms in total. The molecule has 1 aromatic rings. The van der Waals surface area contributed by atoms with Gasteiger partial charge >= 0.3 is 6.03 Å². The summed E-state index contributed by atoms with van der Waals surface area (Å²) in [7, 11) is 0. The number of hydrogen-bond donors (Lipinski definition) is 0. The van der Waals surface area contributed by atoms with Crippen molar-refractivity contribution in [3.63, 3.8) is 0 Å². The number of benzene rings is 1. The summed E-state index contributed by atoms with van der Waals surface area (Å²) < 4.78 is 14.3. The minimum Gasteiger partial charge on any atom is -0.274 e. The molecule has 2 rings (SSSR count). The topological polar surface area (TPSA) is 57.7 Å². The van der Waals surface area contributed by atoms with Gasteiger partial charge in [-0.05, 0) is 18.2 Å². The highest BCUT2D eigenvalue weighted by Gasteiger charge is 2.39. The van der Waals surface area contributed by atoms with Gasteiger partial charge in [0, 0.05) is 34.6 Å². The second kappa shape index (κ2) is 6.84. The van der Waals surface area contributed by atoms with Crippen LogP contribution in [-0.4, -0.2) is 40.7 Å². The first-order valence-electron chi connectivity index (χ1n) is 7.42. The van der Waals surface area contributed by atoms with Crippen LogP contribution in [0.3, 0.4) is 0 Å². The maximum atomic E-state index is 13.7. The molecule has 0 bridgehead atoms. The van der Waals surface area contributed by atoms with Crippen molar-refractivity contribution in [3.05, 3.63) is 40.1 Å². The number of imide groups is 2. The van der Waals surface area contributed by atoms with Crippen molar-refractivity contribution >= 4 is 39.9 Å². The molecule has 0 spiro atoms. The fraction of sp³-hybridized carbons (Fsp3) is 0.353. The summed E-state index contributed by atoms with van der Waals surface area (Å²) in [5, 5.41) is 0. The van der Waals surface area contributed by atoms with Crippen molar-refractivity contribution in [2.24, 2.45) is 5.41 Å². The van der Waals surface area contributed by atoms with Crippen LogP contribution in [0.15, 0.2) is 28.7 Å². The van der Waals surface area contributed by atoms with E-state index in [0.717, 1.165) is 15.9 Å². The molecular formula is C17H18BrFN2O3. The molecule has 1 aliphatic rings. The minimum atomic E-state index is -0.703. The van der Waals surface area contributed by atoms with Crippen LogP contribution in [0.25, 0.3) is 6.08 Å². The van der Waals surface area contributed by atoms with E-state index in [-0.39, 0.29) is 24.6 Å². The zero-order valence-corrected chi connectivity index (χ0v) is 15.3. The molecule has 24 heavy (non-hydrogen) atoms. The van der Waals surface area contributed by atoms with Crippen molar-refractivity contribution in [1.29, 1.82) is 0 Å². The largest absolute Gasteiger partial charge is 0.333 e. The molecule has 1 aliphatic heterocycles. The van der Waals surface area contributed by atoms with Gasteiger partial charge in [-0.3, -0.25) is 19.4 Å². The fourth-order valence-electron chi connectivity index (χ4n) is 2.22. The first-order valence-corrected chi connectivity index (χ1v) is 8.21. The van der Waals surface area contributed by atoms with E-state index in [1.807, 2.05) is 0 Å². The minimum absolute atomic E-state index is 0.132. The van der Waals surface area contributed by atoms with Gasteiger partial charge in [-0.25, -0.2) is 9.18 Å². The Balaban J connectivity index is 2.10. The van der Waals surface area contributed by atoms with E-state index in [9.17, 15) is 18.8 Å². The Kier molecular flexibility index (Phi) is 5.22. The van der Waals surface area contributed by atoms with Gasteiger partial charge in [0.15, 0.2) is 0 Å². The maximum Gasteiger partial charge on any atom is 0.333 e. The fourth-order valence-corrected chi connectivity index (χ4v) is 2.56. The number of rotatable bonds is 2. The molecule has 0 aromatic heterocycles. The van der Waals surface area contributed by atoms with Gasteiger partial charge in [0.2, 0.25) is 5.91 Å². The van der Waals surface area contributed by atoms with Crippen molar-refractivity contribution in [2.75, 3.05) is 13.1 Å². The van der Waals surface area contributed by atoms with E-state index < -0.39 is 23.2 Å². The molecule has 0 saturated carbocycles. The second-order valence-corrected chi connectivity index (χ2v) is 7.39. The van der Waals surface area contributed by atoms with Crippen LogP contribution < -0.4 is 0 Å². The number of amides is 4. The van der Waals surface area contributed by atoms with Gasteiger partial charge in [0.05, 0.1) is 0 Å². The summed E-state index contributed by atoms with van der Waals surface area (Å²) in [5.74, 6) is -1.39. The SMILES string of the molecule is CC(C)(C)C(=O)N1CCN(C(=O)/C=C/c2ccc(Br)cc2F)C1=O. The highest BCUT2D eigenvalue weighted by molar-refractivity contribution is 9.10. The molecule has 1 fully saturated rings. The van der Waals surface area contributed by atoms with Crippen LogP contribution in [0.1, 0.15) is 26.3 Å². The molecule has 1 aromatic carbocycles. The number of carbonyl (C=O) groups is 3. The Morgan fingerprint density at radius 1 is 1.21 bits per heavy atom. The monoisotopic (exact) mass is 396 g/mol. The van der Waals surface area contributed by atoms with E-state index in [1.165, 1.54) is 18.2 Å². The highest BCUT2D eigenvalue weighted by Crippen LogP contribution is 2.22. The van der Waals surface area contributed by atoms with Crippen LogP contribution >= 0.6 is 15.9 Å². The zero-order valence-electron chi connectivity index (χ0n) is 13.7. The molecule has 0 N–H and O–H groups in total. The molecule has 128 valence electrons. The lowest BCUT2D eigenvalue weighted by Gasteiger charge is -2.23. The normalized spacial score (nSPS) is 15.5. The Morgan fingerprint density at radius 3 is 2.42 bits per heavy atom. The predicted molar refractivity (Wildman–Crippen MR) is 91.4 cm³/mol. The summed E-state index contributed by atoms with van der Waals surface area (Å²) >= 11 is 3.15. The standard InChI is InChI=1S/C17H18BrFN2O3/c1-17(2,3)15(23)21-9-8-20(16(21)24)14(22)7-5-11-4-6-12(18)10-13(11)19/h4-7,10H,8-9H2,1-3H3/b7-5+. The number of carbonyl (C=O) groups excluding carboxylic acids is 3. The van der Waals surface area contributed by atoms with E-state index in [2.05, 4.69) is 15.9 Å². The van der Waals surface area contributed by atoms with Gasteiger partial charge in [0.25, 0.3) is 5.91 Å². The Labute approximate surface area is 148 Å². The van der Waals surface area contributed by atoms with Crippen molar-refractivity contribution in [2.45, 2.75) is 20.8 Å². The van der Waals surface area contributed by atoms with E-state index in [1.54, 1.807) is 26.8 Å². The first-order chi connectivity index (χ1) is 11.1. The lowest BCUT2D eigenvalue weighted by molar-refractivity contribution is -0.135. The maximum absolute atomic E-state index is 13.7.